The van der Waals surface area contributed by atoms with Crippen LogP contribution in [-0.4, -0.2) is 37.4 Å². The minimum absolute atomic E-state index is 0. The van der Waals surface area contributed by atoms with Crippen molar-refractivity contribution >= 4 is 18.0 Å². The number of hydrazone groups is 1. The van der Waals surface area contributed by atoms with Gasteiger partial charge in [0.05, 0.1) is 12.3 Å². The van der Waals surface area contributed by atoms with E-state index in [1.807, 2.05) is 25.1 Å². The fourth-order valence-corrected chi connectivity index (χ4v) is 3.40. The Hall–Kier alpha value is -1.06. The van der Waals surface area contributed by atoms with E-state index in [2.05, 4.69) is 29.1 Å². The van der Waals surface area contributed by atoms with Crippen LogP contribution in [-0.2, 0) is 4.84 Å². The largest absolute Gasteiger partial charge is 1.00 e. The summed E-state index contributed by atoms with van der Waals surface area (Å²) in [5, 5.41) is 3.63. The third-order valence-electron chi connectivity index (χ3n) is 4.77. The van der Waals surface area contributed by atoms with E-state index in [0.29, 0.717) is 22.4 Å². The Bertz CT molecular complexity index is 851. The molecule has 0 bridgehead atoms. The standard InChI is InChI=1S/C21H24FN4O.K/c1-4-18-16(12-24-23)10-15(21-14(2)6-5-7-19(21)22)11-20(18)25-27-17-8-9-26(3)13-17;/h4-7,10-12,17H,1,8-9,13,23H2,2-3H3;/q-1;+1/b24-12-;. The van der Waals surface area contributed by atoms with Crippen LogP contribution in [0.2, 0.25) is 0 Å². The summed E-state index contributed by atoms with van der Waals surface area (Å²) >= 11 is 0. The molecule has 28 heavy (non-hydrogen) atoms. The summed E-state index contributed by atoms with van der Waals surface area (Å²) in [7, 11) is 2.05. The first-order valence-corrected chi connectivity index (χ1v) is 8.88. The molecule has 2 aromatic rings. The van der Waals surface area contributed by atoms with E-state index < -0.39 is 0 Å². The molecule has 1 unspecified atom stereocenters. The van der Waals surface area contributed by atoms with Crippen molar-refractivity contribution in [2.24, 2.45) is 10.9 Å². The second kappa shape index (κ2) is 10.6. The molecular weight excluding hydrogens is 382 g/mol. The van der Waals surface area contributed by atoms with Crippen LogP contribution >= 0.6 is 0 Å². The Morgan fingerprint density at radius 1 is 1.39 bits per heavy atom. The van der Waals surface area contributed by atoms with Crippen molar-refractivity contribution in [3.05, 3.63) is 64.9 Å². The van der Waals surface area contributed by atoms with Crippen LogP contribution in [0, 0.1) is 12.7 Å². The molecule has 1 aliphatic heterocycles. The van der Waals surface area contributed by atoms with Crippen LogP contribution in [0.5, 0.6) is 0 Å². The van der Waals surface area contributed by atoms with Crippen LogP contribution in [0.4, 0.5) is 10.1 Å². The van der Waals surface area contributed by atoms with E-state index in [9.17, 15) is 4.39 Å². The maximum atomic E-state index is 14.5. The van der Waals surface area contributed by atoms with Gasteiger partial charge in [0.1, 0.15) is 5.82 Å². The molecule has 0 spiro atoms. The first kappa shape index (κ1) is 23.2. The van der Waals surface area contributed by atoms with Crippen LogP contribution in [0.15, 0.2) is 42.0 Å². The molecule has 1 fully saturated rings. The van der Waals surface area contributed by atoms with Crippen LogP contribution < -0.4 is 57.2 Å². The molecular formula is C21H24FKN4O. The van der Waals surface area contributed by atoms with Crippen molar-refractivity contribution in [1.29, 1.82) is 0 Å². The number of benzene rings is 2. The van der Waals surface area contributed by atoms with Gasteiger partial charge in [0, 0.05) is 24.2 Å². The zero-order chi connectivity index (χ0) is 19.4. The number of nitrogens with zero attached hydrogens (tertiary/aromatic N) is 3. The monoisotopic (exact) mass is 406 g/mol. The summed E-state index contributed by atoms with van der Waals surface area (Å²) in [6.45, 7) is 7.55. The molecule has 1 aliphatic rings. The maximum Gasteiger partial charge on any atom is 1.00 e. The van der Waals surface area contributed by atoms with Gasteiger partial charge in [-0.25, -0.2) is 4.39 Å². The quantitative estimate of drug-likeness (QED) is 0.341. The van der Waals surface area contributed by atoms with Crippen molar-refractivity contribution in [1.82, 2.24) is 4.90 Å². The molecule has 2 aromatic carbocycles. The number of hydrogen-bond acceptors (Lipinski definition) is 4. The fraction of sp³-hybridized carbons (Fsp3) is 0.286. The molecule has 2 N–H and O–H groups in total. The van der Waals surface area contributed by atoms with Gasteiger partial charge in [0.2, 0.25) is 0 Å². The number of aryl methyl sites for hydroxylation is 1. The molecule has 0 amide bonds. The van der Waals surface area contributed by atoms with E-state index in [0.717, 1.165) is 30.6 Å². The molecule has 5 nitrogen and oxygen atoms in total. The normalized spacial score (nSPS) is 16.9. The Morgan fingerprint density at radius 3 is 2.79 bits per heavy atom. The number of likely N-dealkylation sites (tertiary alicyclic amines) is 1. The van der Waals surface area contributed by atoms with E-state index >= 15 is 0 Å². The predicted octanol–water partition coefficient (Wildman–Crippen LogP) is 1.38. The topological polar surface area (TPSA) is 64.9 Å². The van der Waals surface area contributed by atoms with Gasteiger partial charge in [-0.1, -0.05) is 30.9 Å². The summed E-state index contributed by atoms with van der Waals surface area (Å²) < 4.78 is 14.5. The minimum atomic E-state index is -0.290. The second-order valence-corrected chi connectivity index (χ2v) is 6.78. The van der Waals surface area contributed by atoms with Gasteiger partial charge in [0.25, 0.3) is 0 Å². The number of likely N-dealkylation sites (N-methyl/N-ethyl adjacent to an activating group) is 1. The molecule has 1 heterocycles. The molecule has 0 aliphatic carbocycles. The third-order valence-corrected chi connectivity index (χ3v) is 4.77. The Kier molecular flexibility index (Phi) is 8.82. The molecule has 142 valence electrons. The van der Waals surface area contributed by atoms with Crippen molar-refractivity contribution in [3.63, 3.8) is 0 Å². The van der Waals surface area contributed by atoms with Crippen LogP contribution in [0.1, 0.15) is 23.1 Å². The van der Waals surface area contributed by atoms with Gasteiger partial charge in [-0.05, 0) is 49.2 Å². The summed E-state index contributed by atoms with van der Waals surface area (Å²) in [6.07, 6.45) is 4.15. The average Bonchev–Trinajstić information content (AvgIpc) is 3.05. The van der Waals surface area contributed by atoms with Gasteiger partial charge in [-0.2, -0.15) is 5.10 Å². The Balaban J connectivity index is 0.00000280. The third kappa shape index (κ3) is 5.30. The molecule has 7 heteroatoms. The molecule has 3 rings (SSSR count). The fourth-order valence-electron chi connectivity index (χ4n) is 3.40. The smallest absolute Gasteiger partial charge is 0.561 e. The average molecular weight is 407 g/mol. The Morgan fingerprint density at radius 2 is 2.18 bits per heavy atom. The number of nitrogens with two attached hydrogens (primary N) is 1. The minimum Gasteiger partial charge on any atom is -0.561 e. The predicted molar refractivity (Wildman–Crippen MR) is 108 cm³/mol. The van der Waals surface area contributed by atoms with Gasteiger partial charge in [-0.3, -0.25) is 0 Å². The van der Waals surface area contributed by atoms with Gasteiger partial charge in [0.15, 0.2) is 0 Å². The van der Waals surface area contributed by atoms with Crippen LogP contribution in [0.25, 0.3) is 22.7 Å². The van der Waals surface area contributed by atoms with Crippen molar-refractivity contribution in [2.45, 2.75) is 19.4 Å². The summed E-state index contributed by atoms with van der Waals surface area (Å²) in [5.41, 5.74) is 8.44. The number of rotatable bonds is 6. The van der Waals surface area contributed by atoms with Crippen LogP contribution in [0.3, 0.4) is 0 Å². The van der Waals surface area contributed by atoms with Gasteiger partial charge < -0.3 is 21.1 Å². The molecule has 0 saturated carbocycles. The maximum absolute atomic E-state index is 14.5. The van der Waals surface area contributed by atoms with Crippen molar-refractivity contribution in [2.75, 3.05) is 20.1 Å². The Labute approximate surface area is 208 Å². The second-order valence-electron chi connectivity index (χ2n) is 6.78. The number of halogens is 1. The summed E-state index contributed by atoms with van der Waals surface area (Å²) in [4.78, 5) is 7.95. The zero-order valence-electron chi connectivity index (χ0n) is 16.7. The zero-order valence-corrected chi connectivity index (χ0v) is 19.8. The van der Waals surface area contributed by atoms with Gasteiger partial charge >= 0.3 is 51.4 Å². The molecule has 0 radical (unpaired) electrons. The van der Waals surface area contributed by atoms with E-state index in [4.69, 9.17) is 10.7 Å². The van der Waals surface area contributed by atoms with E-state index in [-0.39, 0.29) is 63.3 Å². The molecule has 0 aromatic heterocycles. The summed E-state index contributed by atoms with van der Waals surface area (Å²) in [5.74, 6) is 5.07. The first-order chi connectivity index (χ1) is 13.0. The van der Waals surface area contributed by atoms with Gasteiger partial charge in [-0.15, -0.1) is 5.69 Å². The summed E-state index contributed by atoms with van der Waals surface area (Å²) in [6, 6.07) is 8.66. The van der Waals surface area contributed by atoms with Crippen molar-refractivity contribution in [3.8, 4) is 11.1 Å². The SMILES string of the molecule is C=Cc1c(/C=N\N)cc(-c2c(C)cccc2F)cc1[N-]OC1CCN(C)C1.[K+]. The first-order valence-electron chi connectivity index (χ1n) is 8.88. The molecule has 1 saturated heterocycles. The molecule has 1 atom stereocenters. The van der Waals surface area contributed by atoms with Crippen molar-refractivity contribution < 1.29 is 60.6 Å². The number of hydrogen-bond donors (Lipinski definition) is 1. The van der Waals surface area contributed by atoms with E-state index in [1.165, 1.54) is 12.3 Å². The van der Waals surface area contributed by atoms with E-state index in [1.54, 1.807) is 12.1 Å².